The van der Waals surface area contributed by atoms with Crippen LogP contribution in [0.5, 0.6) is 0 Å². The maximum Gasteiger partial charge on any atom is 0.248 e. The lowest BCUT2D eigenvalue weighted by Gasteiger charge is -2.25. The van der Waals surface area contributed by atoms with Crippen molar-refractivity contribution >= 4 is 29.3 Å². The number of anilines is 1. The number of hydrogen-bond donors (Lipinski definition) is 1. The van der Waals surface area contributed by atoms with Gasteiger partial charge >= 0.3 is 0 Å². The maximum absolute atomic E-state index is 13.7. The van der Waals surface area contributed by atoms with Gasteiger partial charge in [0.2, 0.25) is 5.91 Å². The normalized spacial score (nSPS) is 14.6. The molecule has 0 radical (unpaired) electrons. The van der Waals surface area contributed by atoms with Crippen molar-refractivity contribution in [3.8, 4) is 0 Å². The van der Waals surface area contributed by atoms with Gasteiger partial charge in [-0.3, -0.25) is 4.79 Å². The first-order chi connectivity index (χ1) is 11.5. The summed E-state index contributed by atoms with van der Waals surface area (Å²) in [6.07, 6.45) is 3.70. The molecular weight excluding hydrogens is 327 g/mol. The highest BCUT2D eigenvalue weighted by atomic mass is 35.5. The highest BCUT2D eigenvalue weighted by Crippen LogP contribution is 2.23. The Morgan fingerprint density at radius 3 is 2.92 bits per heavy atom. The molecule has 5 heteroatoms. The Bertz CT molecular complexity index is 784. The topological polar surface area (TPSA) is 32.3 Å². The van der Waals surface area contributed by atoms with E-state index in [1.165, 1.54) is 35.4 Å². The fraction of sp³-hybridized carbons (Fsp3) is 0.211. The molecule has 124 valence electrons. The Hall–Kier alpha value is -2.17. The summed E-state index contributed by atoms with van der Waals surface area (Å²) < 4.78 is 13.7. The molecule has 0 aromatic heterocycles. The second kappa shape index (κ2) is 7.16. The van der Waals surface area contributed by atoms with Crippen LogP contribution >= 0.6 is 11.6 Å². The van der Waals surface area contributed by atoms with Crippen molar-refractivity contribution < 1.29 is 9.18 Å². The summed E-state index contributed by atoms with van der Waals surface area (Å²) >= 11 is 5.94. The number of nitrogens with zero attached hydrogens (tertiary/aromatic N) is 1. The van der Waals surface area contributed by atoms with E-state index in [0.29, 0.717) is 0 Å². The molecule has 0 saturated carbocycles. The molecule has 1 aliphatic rings. The molecule has 0 spiro atoms. The van der Waals surface area contributed by atoms with Gasteiger partial charge in [-0.15, -0.1) is 0 Å². The molecule has 0 unspecified atom stereocenters. The molecule has 2 aromatic carbocycles. The summed E-state index contributed by atoms with van der Waals surface area (Å²) in [6.45, 7) is 1.92. The zero-order chi connectivity index (χ0) is 17.1. The largest absolute Gasteiger partial charge is 0.323 e. The molecule has 3 rings (SSSR count). The lowest BCUT2D eigenvalue weighted by atomic mass is 9.99. The lowest BCUT2D eigenvalue weighted by Crippen LogP contribution is -2.26. The van der Waals surface area contributed by atoms with Crippen molar-refractivity contribution in [2.24, 2.45) is 0 Å². The Morgan fingerprint density at radius 1 is 1.29 bits per heavy atom. The third-order valence-electron chi connectivity index (χ3n) is 4.08. The summed E-state index contributed by atoms with van der Waals surface area (Å²) in [5, 5.41) is 3.08. The molecule has 24 heavy (non-hydrogen) atoms. The zero-order valence-corrected chi connectivity index (χ0v) is 14.1. The number of rotatable bonds is 3. The van der Waals surface area contributed by atoms with Gasteiger partial charge in [-0.25, -0.2) is 4.39 Å². The first-order valence-corrected chi connectivity index (χ1v) is 8.14. The van der Waals surface area contributed by atoms with E-state index in [1.54, 1.807) is 6.07 Å². The van der Waals surface area contributed by atoms with Crippen molar-refractivity contribution in [3.05, 3.63) is 70.0 Å². The number of benzene rings is 2. The SMILES string of the molecule is CN1CCc2ccc(NC(=O)/C=C/c3c(F)cccc3Cl)cc2C1. The predicted molar refractivity (Wildman–Crippen MR) is 95.6 cm³/mol. The van der Waals surface area contributed by atoms with Crippen molar-refractivity contribution in [2.75, 3.05) is 18.9 Å². The van der Waals surface area contributed by atoms with Crippen LogP contribution < -0.4 is 5.32 Å². The highest BCUT2D eigenvalue weighted by Gasteiger charge is 2.13. The predicted octanol–water partition coefficient (Wildman–Crippen LogP) is 4.12. The third-order valence-corrected chi connectivity index (χ3v) is 4.41. The second-order valence-electron chi connectivity index (χ2n) is 5.93. The summed E-state index contributed by atoms with van der Waals surface area (Å²) in [5.41, 5.74) is 3.49. The molecule has 1 amide bonds. The van der Waals surface area contributed by atoms with Crippen molar-refractivity contribution in [1.82, 2.24) is 4.90 Å². The minimum absolute atomic E-state index is 0.210. The Kier molecular flexibility index (Phi) is 4.97. The summed E-state index contributed by atoms with van der Waals surface area (Å²) in [5.74, 6) is -0.776. The van der Waals surface area contributed by atoms with E-state index in [2.05, 4.69) is 23.3 Å². The van der Waals surface area contributed by atoms with E-state index < -0.39 is 5.82 Å². The van der Waals surface area contributed by atoms with Crippen LogP contribution in [0.15, 0.2) is 42.5 Å². The van der Waals surface area contributed by atoms with Gasteiger partial charge in [-0.1, -0.05) is 23.7 Å². The smallest absolute Gasteiger partial charge is 0.248 e. The van der Waals surface area contributed by atoms with E-state index >= 15 is 0 Å². The number of halogens is 2. The first-order valence-electron chi connectivity index (χ1n) is 7.76. The van der Waals surface area contributed by atoms with Crippen molar-refractivity contribution in [3.63, 3.8) is 0 Å². The van der Waals surface area contributed by atoms with E-state index in [4.69, 9.17) is 11.6 Å². The quantitative estimate of drug-likeness (QED) is 0.849. The van der Waals surface area contributed by atoms with Gasteiger partial charge in [0.05, 0.1) is 5.02 Å². The molecular formula is C19H18ClFN2O. The molecule has 0 atom stereocenters. The van der Waals surface area contributed by atoms with Gasteiger partial charge in [0, 0.05) is 30.4 Å². The van der Waals surface area contributed by atoms with Crippen LogP contribution in [0.1, 0.15) is 16.7 Å². The van der Waals surface area contributed by atoms with Gasteiger partial charge in [-0.2, -0.15) is 0 Å². The molecule has 0 saturated heterocycles. The fourth-order valence-corrected chi connectivity index (χ4v) is 3.01. The number of nitrogens with one attached hydrogen (secondary N) is 1. The number of carbonyl (C=O) groups excluding carboxylic acids is 1. The average molecular weight is 345 g/mol. The number of amides is 1. The van der Waals surface area contributed by atoms with E-state index in [0.717, 1.165) is 25.2 Å². The third kappa shape index (κ3) is 3.83. The number of likely N-dealkylation sites (N-methyl/N-ethyl adjacent to an activating group) is 1. The highest BCUT2D eigenvalue weighted by molar-refractivity contribution is 6.32. The van der Waals surface area contributed by atoms with E-state index in [9.17, 15) is 9.18 Å². The van der Waals surface area contributed by atoms with Crippen LogP contribution in [0.2, 0.25) is 5.02 Å². The van der Waals surface area contributed by atoms with Gasteiger partial charge in [-0.05, 0) is 54.9 Å². The van der Waals surface area contributed by atoms with Crippen LogP contribution in [0, 0.1) is 5.82 Å². The van der Waals surface area contributed by atoms with Gasteiger partial charge in [0.25, 0.3) is 0 Å². The molecule has 0 bridgehead atoms. The van der Waals surface area contributed by atoms with Gasteiger partial charge in [0.15, 0.2) is 0 Å². The van der Waals surface area contributed by atoms with Gasteiger partial charge < -0.3 is 10.2 Å². The zero-order valence-electron chi connectivity index (χ0n) is 13.4. The fourth-order valence-electron chi connectivity index (χ4n) is 2.79. The van der Waals surface area contributed by atoms with Crippen molar-refractivity contribution in [1.29, 1.82) is 0 Å². The van der Waals surface area contributed by atoms with Crippen LogP contribution in [0.4, 0.5) is 10.1 Å². The summed E-state index contributed by atoms with van der Waals surface area (Å²) in [4.78, 5) is 14.3. The Morgan fingerprint density at radius 2 is 2.12 bits per heavy atom. The van der Waals surface area contributed by atoms with Gasteiger partial charge in [0.1, 0.15) is 5.82 Å². The second-order valence-corrected chi connectivity index (χ2v) is 6.34. The van der Waals surface area contributed by atoms with E-state index in [-0.39, 0.29) is 16.5 Å². The van der Waals surface area contributed by atoms with Crippen LogP contribution in [-0.2, 0) is 17.8 Å². The molecule has 0 fully saturated rings. The monoisotopic (exact) mass is 344 g/mol. The standard InChI is InChI=1S/C19H18ClFN2O/c1-23-10-9-13-5-6-15(11-14(13)12-23)22-19(24)8-7-16-17(20)3-2-4-18(16)21/h2-8,11H,9-10,12H2,1H3,(H,22,24)/b8-7+. The molecule has 1 heterocycles. The molecule has 1 N–H and O–H groups in total. The van der Waals surface area contributed by atoms with Crippen molar-refractivity contribution in [2.45, 2.75) is 13.0 Å². The Balaban J connectivity index is 1.71. The molecule has 3 nitrogen and oxygen atoms in total. The number of carbonyl (C=O) groups is 1. The summed E-state index contributed by atoms with van der Waals surface area (Å²) in [6, 6.07) is 10.4. The van der Waals surface area contributed by atoms with Crippen LogP contribution in [0.25, 0.3) is 6.08 Å². The summed E-state index contributed by atoms with van der Waals surface area (Å²) in [7, 11) is 2.08. The lowest BCUT2D eigenvalue weighted by molar-refractivity contribution is -0.111. The minimum Gasteiger partial charge on any atom is -0.323 e. The minimum atomic E-state index is -0.455. The van der Waals surface area contributed by atoms with Crippen LogP contribution in [-0.4, -0.2) is 24.4 Å². The first kappa shape index (κ1) is 16.7. The molecule has 2 aromatic rings. The molecule has 0 aliphatic carbocycles. The average Bonchev–Trinajstić information content (AvgIpc) is 2.54. The van der Waals surface area contributed by atoms with E-state index in [1.807, 2.05) is 12.1 Å². The molecule has 1 aliphatic heterocycles. The number of fused-ring (bicyclic) bond motifs is 1. The maximum atomic E-state index is 13.7. The number of hydrogen-bond acceptors (Lipinski definition) is 2. The van der Waals surface area contributed by atoms with Crippen LogP contribution in [0.3, 0.4) is 0 Å². The Labute approximate surface area is 145 Å².